The van der Waals surface area contributed by atoms with Crippen molar-refractivity contribution in [2.45, 2.75) is 40.4 Å². The van der Waals surface area contributed by atoms with Crippen LogP contribution in [0.25, 0.3) is 21.8 Å². The molecular formula is C21H28N2Si. The number of aryl methyl sites for hydroxylation is 3. The van der Waals surface area contributed by atoms with E-state index in [1.165, 1.54) is 38.3 Å². The van der Waals surface area contributed by atoms with Crippen LogP contribution in [0, 0.1) is 20.8 Å². The zero-order valence-corrected chi connectivity index (χ0v) is 17.2. The highest BCUT2D eigenvalue weighted by Crippen LogP contribution is 2.35. The van der Waals surface area contributed by atoms with Crippen LogP contribution in [0.5, 0.6) is 0 Å². The number of rotatable bonds is 2. The van der Waals surface area contributed by atoms with E-state index in [2.05, 4.69) is 83.7 Å². The van der Waals surface area contributed by atoms with Crippen molar-refractivity contribution >= 4 is 40.8 Å². The van der Waals surface area contributed by atoms with Crippen LogP contribution in [0.3, 0.4) is 0 Å². The summed E-state index contributed by atoms with van der Waals surface area (Å²) in [5.41, 5.74) is 7.40. The van der Waals surface area contributed by atoms with Gasteiger partial charge >= 0.3 is 0 Å². The third-order valence-corrected chi connectivity index (χ3v) is 6.81. The van der Waals surface area contributed by atoms with Crippen molar-refractivity contribution in [1.82, 2.24) is 4.98 Å². The Hall–Kier alpha value is -1.87. The number of anilines is 1. The summed E-state index contributed by atoms with van der Waals surface area (Å²) in [5.74, 6) is 0. The molecule has 0 amide bonds. The zero-order chi connectivity index (χ0) is 17.8. The molecule has 1 heterocycles. The predicted molar refractivity (Wildman–Crippen MR) is 111 cm³/mol. The molecule has 0 radical (unpaired) electrons. The second kappa shape index (κ2) is 5.59. The fourth-order valence-corrected chi connectivity index (χ4v) is 4.80. The first kappa shape index (κ1) is 17.0. The van der Waals surface area contributed by atoms with E-state index in [0.717, 1.165) is 11.0 Å². The average Bonchev–Trinajstić information content (AvgIpc) is 2.43. The molecule has 3 aromatic rings. The average molecular weight is 337 g/mol. The highest BCUT2D eigenvalue weighted by atomic mass is 28.3. The van der Waals surface area contributed by atoms with Crippen LogP contribution in [0.1, 0.15) is 16.7 Å². The Morgan fingerprint density at radius 1 is 0.792 bits per heavy atom. The summed E-state index contributed by atoms with van der Waals surface area (Å²) in [5, 5.41) is 4.05. The van der Waals surface area contributed by atoms with Gasteiger partial charge in [-0.1, -0.05) is 48.6 Å². The number of hydrogen-bond acceptors (Lipinski definition) is 2. The molecular weight excluding hydrogens is 308 g/mol. The topological polar surface area (TPSA) is 16.1 Å². The van der Waals surface area contributed by atoms with Crippen LogP contribution in [0.4, 0.5) is 5.69 Å². The summed E-state index contributed by atoms with van der Waals surface area (Å²) < 4.78 is 0. The van der Waals surface area contributed by atoms with Gasteiger partial charge in [0.2, 0.25) is 0 Å². The van der Waals surface area contributed by atoms with E-state index < -0.39 is 8.07 Å². The van der Waals surface area contributed by atoms with Crippen LogP contribution in [0.15, 0.2) is 24.3 Å². The van der Waals surface area contributed by atoms with Gasteiger partial charge in [0.15, 0.2) is 0 Å². The maximum absolute atomic E-state index is 5.07. The highest BCUT2D eigenvalue weighted by Gasteiger charge is 2.21. The van der Waals surface area contributed by atoms with Crippen molar-refractivity contribution in [3.8, 4) is 0 Å². The van der Waals surface area contributed by atoms with Gasteiger partial charge in [0.25, 0.3) is 0 Å². The van der Waals surface area contributed by atoms with E-state index in [9.17, 15) is 0 Å². The quantitative estimate of drug-likeness (QED) is 0.487. The van der Waals surface area contributed by atoms with Gasteiger partial charge in [0.05, 0.1) is 24.8 Å². The third kappa shape index (κ3) is 2.71. The molecule has 0 unspecified atom stereocenters. The lowest BCUT2D eigenvalue weighted by Gasteiger charge is -2.23. The first-order valence-corrected chi connectivity index (χ1v) is 12.1. The molecule has 0 N–H and O–H groups in total. The van der Waals surface area contributed by atoms with Crippen LogP contribution in [-0.2, 0) is 0 Å². The monoisotopic (exact) mass is 336 g/mol. The van der Waals surface area contributed by atoms with E-state index in [0.29, 0.717) is 0 Å². The van der Waals surface area contributed by atoms with E-state index in [4.69, 9.17) is 4.98 Å². The molecule has 0 aliphatic carbocycles. The van der Waals surface area contributed by atoms with Gasteiger partial charge in [-0.3, -0.25) is 0 Å². The second-order valence-electron chi connectivity index (χ2n) is 8.27. The number of benzene rings is 2. The molecule has 126 valence electrons. The lowest BCUT2D eigenvalue weighted by molar-refractivity contribution is 1.15. The van der Waals surface area contributed by atoms with Crippen LogP contribution >= 0.6 is 0 Å². The first-order chi connectivity index (χ1) is 11.1. The molecule has 2 aromatic carbocycles. The summed E-state index contributed by atoms with van der Waals surface area (Å²) in [6.07, 6.45) is 0. The van der Waals surface area contributed by atoms with Crippen LogP contribution in [0.2, 0.25) is 19.6 Å². The smallest absolute Gasteiger partial charge is 0.0776 e. The van der Waals surface area contributed by atoms with E-state index >= 15 is 0 Å². The molecule has 1 aromatic heterocycles. The van der Waals surface area contributed by atoms with Crippen molar-refractivity contribution in [1.29, 1.82) is 0 Å². The van der Waals surface area contributed by atoms with Gasteiger partial charge in [0, 0.05) is 24.9 Å². The predicted octanol–water partition coefficient (Wildman–Crippen LogP) is 4.92. The molecule has 0 saturated carbocycles. The number of hydrogen-bond donors (Lipinski definition) is 0. The van der Waals surface area contributed by atoms with Gasteiger partial charge in [-0.25, -0.2) is 4.98 Å². The molecule has 3 heteroatoms. The summed E-state index contributed by atoms with van der Waals surface area (Å²) in [6.45, 7) is 13.8. The fraction of sp³-hybridized carbons (Fsp3) is 0.381. The van der Waals surface area contributed by atoms with Crippen molar-refractivity contribution < 1.29 is 0 Å². The van der Waals surface area contributed by atoms with Crippen LogP contribution < -0.4 is 10.1 Å². The molecule has 24 heavy (non-hydrogen) atoms. The highest BCUT2D eigenvalue weighted by molar-refractivity contribution is 6.88. The normalized spacial score (nSPS) is 12.2. The number of fused-ring (bicyclic) bond motifs is 2. The standard InChI is InChI=1S/C21H28N2Si/c1-13-9-14(2)19-17(10-13)21(23(4)5)18-12-16(24(6,7)8)11-15(3)20(18)22-19/h9-12H,1-8H3. The maximum atomic E-state index is 5.07. The van der Waals surface area contributed by atoms with Gasteiger partial charge in [-0.2, -0.15) is 0 Å². The SMILES string of the molecule is Cc1cc(C)c2nc3c(C)cc([Si](C)(C)C)cc3c(N(C)C)c2c1. The van der Waals surface area contributed by atoms with Gasteiger partial charge in [-0.15, -0.1) is 0 Å². The minimum Gasteiger partial charge on any atom is -0.377 e. The van der Waals surface area contributed by atoms with Crippen LogP contribution in [-0.4, -0.2) is 27.2 Å². The summed E-state index contributed by atoms with van der Waals surface area (Å²) >= 11 is 0. The van der Waals surface area contributed by atoms with E-state index in [1.54, 1.807) is 0 Å². The molecule has 0 bridgehead atoms. The van der Waals surface area contributed by atoms with Gasteiger partial charge in [0.1, 0.15) is 0 Å². The summed E-state index contributed by atoms with van der Waals surface area (Å²) in [4.78, 5) is 7.32. The molecule has 3 rings (SSSR count). The minimum atomic E-state index is -1.38. The Morgan fingerprint density at radius 3 is 1.88 bits per heavy atom. The van der Waals surface area contributed by atoms with Gasteiger partial charge < -0.3 is 4.90 Å². The second-order valence-corrected chi connectivity index (χ2v) is 13.3. The third-order valence-electron chi connectivity index (χ3n) is 4.79. The van der Waals surface area contributed by atoms with E-state index in [-0.39, 0.29) is 0 Å². The number of aromatic nitrogens is 1. The Bertz CT molecular complexity index is 950. The molecule has 0 aliphatic rings. The largest absolute Gasteiger partial charge is 0.377 e. The molecule has 2 nitrogen and oxygen atoms in total. The zero-order valence-electron chi connectivity index (χ0n) is 16.2. The van der Waals surface area contributed by atoms with Crippen molar-refractivity contribution in [3.63, 3.8) is 0 Å². The maximum Gasteiger partial charge on any atom is 0.0776 e. The van der Waals surface area contributed by atoms with Crippen molar-refractivity contribution in [2.24, 2.45) is 0 Å². The van der Waals surface area contributed by atoms with Gasteiger partial charge in [-0.05, 0) is 38.0 Å². The summed E-state index contributed by atoms with van der Waals surface area (Å²) in [6, 6.07) is 9.26. The lowest BCUT2D eigenvalue weighted by atomic mass is 10.0. The summed E-state index contributed by atoms with van der Waals surface area (Å²) in [7, 11) is 2.91. The Morgan fingerprint density at radius 2 is 1.33 bits per heavy atom. The van der Waals surface area contributed by atoms with Crippen molar-refractivity contribution in [3.05, 3.63) is 41.0 Å². The molecule has 0 fully saturated rings. The molecule has 0 aliphatic heterocycles. The number of nitrogens with zero attached hydrogens (tertiary/aromatic N) is 2. The molecule has 0 spiro atoms. The molecule has 0 saturated heterocycles. The first-order valence-electron chi connectivity index (χ1n) is 8.62. The van der Waals surface area contributed by atoms with Crippen molar-refractivity contribution in [2.75, 3.05) is 19.0 Å². The Labute approximate surface area is 146 Å². The Balaban J connectivity index is 2.57. The molecule has 0 atom stereocenters. The van der Waals surface area contributed by atoms with E-state index in [1.807, 2.05) is 0 Å². The number of pyridine rings is 1. The lowest BCUT2D eigenvalue weighted by Crippen LogP contribution is -2.37. The minimum absolute atomic E-state index is 1.13. The Kier molecular flexibility index (Phi) is 3.95. The fourth-order valence-electron chi connectivity index (χ4n) is 3.57.